The van der Waals surface area contributed by atoms with Crippen molar-refractivity contribution in [1.82, 2.24) is 0 Å². The molecular weight excluding hydrogens is 570 g/mol. The maximum absolute atomic E-state index is 12.6. The van der Waals surface area contributed by atoms with Crippen molar-refractivity contribution in [2.45, 2.75) is 154 Å². The number of hydrogen-bond acceptors (Lipinski definition) is 6. The Labute approximate surface area is 275 Å². The molecule has 0 bridgehead atoms. The minimum absolute atomic E-state index is 0.0544. The zero-order chi connectivity index (χ0) is 33.6. The number of quaternary nitrogens is 1. The first-order valence-electron chi connectivity index (χ1n) is 17.9. The third-order valence-corrected chi connectivity index (χ3v) is 7.83. The standard InChI is InChI=1S/C37H67NO7/c1-6-8-10-12-14-16-17-18-19-20-22-24-26-28-36(40)45-33(31-43-30-29-34(37(41)42)38(3,4)5)32-44-35(39)27-25-23-21-15-13-11-9-7-2/h10,12,16-17,33-34H,6-9,11,13-15,18-32H2,1-5H3/p+1/b12-10-,17-16-. The molecule has 0 saturated heterocycles. The quantitative estimate of drug-likeness (QED) is 0.0351. The highest BCUT2D eigenvalue weighted by Gasteiger charge is 2.31. The number of ether oxygens (including phenoxy) is 3. The number of rotatable bonds is 31. The maximum atomic E-state index is 12.6. The highest BCUT2D eigenvalue weighted by atomic mass is 16.6. The highest BCUT2D eigenvalue weighted by molar-refractivity contribution is 5.72. The van der Waals surface area contributed by atoms with E-state index in [0.717, 1.165) is 70.6 Å². The predicted octanol–water partition coefficient (Wildman–Crippen LogP) is 8.57. The summed E-state index contributed by atoms with van der Waals surface area (Å²) in [5, 5.41) is 9.55. The number of nitrogens with zero attached hydrogens (tertiary/aromatic N) is 1. The van der Waals surface area contributed by atoms with Crippen molar-refractivity contribution >= 4 is 17.9 Å². The molecule has 262 valence electrons. The number of esters is 2. The maximum Gasteiger partial charge on any atom is 0.362 e. The van der Waals surface area contributed by atoms with Gasteiger partial charge in [0.2, 0.25) is 0 Å². The van der Waals surface area contributed by atoms with Crippen LogP contribution in [0.15, 0.2) is 24.3 Å². The molecule has 45 heavy (non-hydrogen) atoms. The lowest BCUT2D eigenvalue weighted by molar-refractivity contribution is -0.887. The van der Waals surface area contributed by atoms with Gasteiger partial charge in [-0.3, -0.25) is 9.59 Å². The van der Waals surface area contributed by atoms with Gasteiger partial charge in [0.05, 0.1) is 34.4 Å². The van der Waals surface area contributed by atoms with Crippen LogP contribution >= 0.6 is 0 Å². The second-order valence-electron chi connectivity index (χ2n) is 13.1. The van der Waals surface area contributed by atoms with Crippen molar-refractivity contribution in [1.29, 1.82) is 0 Å². The van der Waals surface area contributed by atoms with E-state index in [1.165, 1.54) is 38.5 Å². The summed E-state index contributed by atoms with van der Waals surface area (Å²) in [5.41, 5.74) is 0. The van der Waals surface area contributed by atoms with Crippen molar-refractivity contribution < 1.29 is 38.2 Å². The summed E-state index contributed by atoms with van der Waals surface area (Å²) >= 11 is 0. The van der Waals surface area contributed by atoms with Crippen LogP contribution in [0, 0.1) is 0 Å². The molecule has 1 N–H and O–H groups in total. The van der Waals surface area contributed by atoms with E-state index in [0.29, 0.717) is 19.3 Å². The van der Waals surface area contributed by atoms with E-state index in [9.17, 15) is 19.5 Å². The van der Waals surface area contributed by atoms with E-state index in [2.05, 4.69) is 38.2 Å². The second-order valence-corrected chi connectivity index (χ2v) is 13.1. The first kappa shape index (κ1) is 42.8. The molecule has 0 amide bonds. The molecule has 0 radical (unpaired) electrons. The molecule has 0 rings (SSSR count). The average molecular weight is 639 g/mol. The minimum Gasteiger partial charge on any atom is -0.477 e. The summed E-state index contributed by atoms with van der Waals surface area (Å²) in [5.74, 6) is -1.49. The monoisotopic (exact) mass is 638 g/mol. The number of hydrogen-bond donors (Lipinski definition) is 1. The summed E-state index contributed by atoms with van der Waals surface area (Å²) in [4.78, 5) is 36.6. The fourth-order valence-electron chi connectivity index (χ4n) is 5.01. The predicted molar refractivity (Wildman–Crippen MR) is 183 cm³/mol. The lowest BCUT2D eigenvalue weighted by atomic mass is 10.1. The molecule has 2 atom stereocenters. The SMILES string of the molecule is CCC/C=C\C/C=C\CCCCCCCC(=O)OC(COCCC(C(=O)O)[N+](C)(C)C)COC(=O)CCCCCCCCCC. The third kappa shape index (κ3) is 27.8. The molecule has 2 unspecified atom stereocenters. The number of carboxylic acid groups (broad SMARTS) is 1. The molecular formula is C37H68NO7+. The van der Waals surface area contributed by atoms with E-state index in [1.54, 1.807) is 0 Å². The number of likely N-dealkylation sites (N-methyl/N-ethyl adjacent to an activating group) is 1. The smallest absolute Gasteiger partial charge is 0.362 e. The summed E-state index contributed by atoms with van der Waals surface area (Å²) in [6.45, 7) is 4.60. The molecule has 0 aromatic carbocycles. The average Bonchev–Trinajstić information content (AvgIpc) is 2.98. The van der Waals surface area contributed by atoms with Gasteiger partial charge in [0.15, 0.2) is 12.1 Å². The van der Waals surface area contributed by atoms with E-state index in [-0.39, 0.29) is 36.2 Å². The number of allylic oxidation sites excluding steroid dienone is 4. The van der Waals surface area contributed by atoms with Gasteiger partial charge in [0, 0.05) is 19.3 Å². The van der Waals surface area contributed by atoms with Crippen molar-refractivity contribution in [2.75, 3.05) is 41.0 Å². The van der Waals surface area contributed by atoms with Gasteiger partial charge in [-0.05, 0) is 38.5 Å². The number of carboxylic acids is 1. The fourth-order valence-corrected chi connectivity index (χ4v) is 5.01. The van der Waals surface area contributed by atoms with Gasteiger partial charge < -0.3 is 23.8 Å². The summed E-state index contributed by atoms with van der Waals surface area (Å²) < 4.78 is 17.1. The summed E-state index contributed by atoms with van der Waals surface area (Å²) in [6.07, 6.45) is 27.9. The molecule has 0 heterocycles. The van der Waals surface area contributed by atoms with Gasteiger partial charge in [0.25, 0.3) is 0 Å². The number of aliphatic carboxylic acids is 1. The highest BCUT2D eigenvalue weighted by Crippen LogP contribution is 2.13. The number of carbonyl (C=O) groups is 3. The Balaban J connectivity index is 4.47. The Morgan fingerprint density at radius 2 is 1.22 bits per heavy atom. The topological polar surface area (TPSA) is 99.1 Å². The van der Waals surface area contributed by atoms with Crippen LogP contribution in [-0.4, -0.2) is 80.6 Å². The van der Waals surface area contributed by atoms with Crippen LogP contribution in [0.2, 0.25) is 0 Å². The van der Waals surface area contributed by atoms with Gasteiger partial charge in [0.1, 0.15) is 6.61 Å². The minimum atomic E-state index is -0.879. The van der Waals surface area contributed by atoms with Gasteiger partial charge in [-0.25, -0.2) is 4.79 Å². The van der Waals surface area contributed by atoms with E-state index >= 15 is 0 Å². The van der Waals surface area contributed by atoms with Gasteiger partial charge >= 0.3 is 17.9 Å². The Hall–Kier alpha value is -2.19. The van der Waals surface area contributed by atoms with Gasteiger partial charge in [-0.2, -0.15) is 0 Å². The Morgan fingerprint density at radius 3 is 1.80 bits per heavy atom. The van der Waals surface area contributed by atoms with Crippen LogP contribution in [0.4, 0.5) is 0 Å². The van der Waals surface area contributed by atoms with Crippen LogP contribution in [0.25, 0.3) is 0 Å². The fraction of sp³-hybridized carbons (Fsp3) is 0.811. The van der Waals surface area contributed by atoms with E-state index in [4.69, 9.17) is 14.2 Å². The van der Waals surface area contributed by atoms with Crippen LogP contribution in [-0.2, 0) is 28.6 Å². The van der Waals surface area contributed by atoms with Crippen molar-refractivity contribution in [3.8, 4) is 0 Å². The summed E-state index contributed by atoms with van der Waals surface area (Å²) in [7, 11) is 5.50. The molecule has 0 saturated carbocycles. The van der Waals surface area contributed by atoms with E-state index < -0.39 is 18.1 Å². The first-order chi connectivity index (χ1) is 21.6. The molecule has 0 spiro atoms. The second kappa shape index (κ2) is 29.2. The first-order valence-corrected chi connectivity index (χ1v) is 17.9. The molecule has 0 aliphatic carbocycles. The molecule has 0 aliphatic heterocycles. The third-order valence-electron chi connectivity index (χ3n) is 7.83. The zero-order valence-electron chi connectivity index (χ0n) is 29.6. The van der Waals surface area contributed by atoms with Crippen molar-refractivity contribution in [2.24, 2.45) is 0 Å². The Bertz CT molecular complexity index is 803. The molecule has 8 nitrogen and oxygen atoms in total. The van der Waals surface area contributed by atoms with Gasteiger partial charge in [-0.15, -0.1) is 0 Å². The van der Waals surface area contributed by atoms with Gasteiger partial charge in [-0.1, -0.05) is 109 Å². The van der Waals surface area contributed by atoms with Crippen LogP contribution in [0.1, 0.15) is 142 Å². The number of unbranched alkanes of at least 4 members (excludes halogenated alkanes) is 13. The molecule has 0 aromatic rings. The summed E-state index contributed by atoms with van der Waals surface area (Å²) in [6, 6.07) is -0.612. The zero-order valence-corrected chi connectivity index (χ0v) is 29.6. The lowest BCUT2D eigenvalue weighted by Crippen LogP contribution is -2.50. The lowest BCUT2D eigenvalue weighted by Gasteiger charge is -2.31. The van der Waals surface area contributed by atoms with Crippen LogP contribution in [0.5, 0.6) is 0 Å². The molecule has 0 fully saturated rings. The number of carbonyl (C=O) groups excluding carboxylic acids is 2. The molecule has 0 aromatic heterocycles. The van der Waals surface area contributed by atoms with Crippen LogP contribution < -0.4 is 0 Å². The molecule has 0 aliphatic rings. The Kier molecular flexibility index (Phi) is 27.8. The van der Waals surface area contributed by atoms with Crippen molar-refractivity contribution in [3.63, 3.8) is 0 Å². The van der Waals surface area contributed by atoms with Crippen molar-refractivity contribution in [3.05, 3.63) is 24.3 Å². The van der Waals surface area contributed by atoms with Crippen LogP contribution in [0.3, 0.4) is 0 Å². The largest absolute Gasteiger partial charge is 0.477 e. The Morgan fingerprint density at radius 1 is 0.667 bits per heavy atom. The van der Waals surface area contributed by atoms with E-state index in [1.807, 2.05) is 21.1 Å². The normalized spacial score (nSPS) is 13.4. The molecule has 8 heteroatoms.